The van der Waals surface area contributed by atoms with Crippen LogP contribution in [0.25, 0.3) is 0 Å². The van der Waals surface area contributed by atoms with Gasteiger partial charge >= 0.3 is 0 Å². The largest absolute Gasteiger partial charge is 0.494 e. The predicted molar refractivity (Wildman–Crippen MR) is 102 cm³/mol. The molecule has 0 aromatic heterocycles. The molecule has 0 saturated carbocycles. The Hall–Kier alpha value is -3.15. The summed E-state index contributed by atoms with van der Waals surface area (Å²) in [4.78, 5) is 39.0. The molecule has 140 valence electrons. The SMILES string of the molecule is CCOc1ccc(N2C(=O)c3ccc(C(=O)NC(C)(C)C)cc3C2=O)cc1. The van der Waals surface area contributed by atoms with Gasteiger partial charge in [0.15, 0.2) is 0 Å². The van der Waals surface area contributed by atoms with E-state index < -0.39 is 17.4 Å². The number of nitrogens with zero attached hydrogens (tertiary/aromatic N) is 1. The number of hydrogen-bond donors (Lipinski definition) is 1. The molecule has 6 nitrogen and oxygen atoms in total. The molecular weight excluding hydrogens is 344 g/mol. The lowest BCUT2D eigenvalue weighted by atomic mass is 10.0. The van der Waals surface area contributed by atoms with Crippen LogP contribution in [0.2, 0.25) is 0 Å². The van der Waals surface area contributed by atoms with Crippen LogP contribution in [0.4, 0.5) is 5.69 Å². The summed E-state index contributed by atoms with van der Waals surface area (Å²) in [5, 5.41) is 2.85. The van der Waals surface area contributed by atoms with E-state index in [1.165, 1.54) is 12.1 Å². The Bertz CT molecular complexity index is 911. The van der Waals surface area contributed by atoms with Crippen molar-refractivity contribution in [2.24, 2.45) is 0 Å². The quantitative estimate of drug-likeness (QED) is 0.842. The van der Waals surface area contributed by atoms with Crippen LogP contribution >= 0.6 is 0 Å². The summed E-state index contributed by atoms with van der Waals surface area (Å²) in [6.07, 6.45) is 0. The Morgan fingerprint density at radius 3 is 2.22 bits per heavy atom. The molecule has 0 unspecified atom stereocenters. The molecule has 2 aromatic rings. The Balaban J connectivity index is 1.90. The monoisotopic (exact) mass is 366 g/mol. The van der Waals surface area contributed by atoms with Gasteiger partial charge in [-0.1, -0.05) is 0 Å². The zero-order chi connectivity index (χ0) is 19.8. The van der Waals surface area contributed by atoms with Gasteiger partial charge in [0.25, 0.3) is 17.7 Å². The third-order valence-electron chi connectivity index (χ3n) is 4.04. The van der Waals surface area contributed by atoms with Gasteiger partial charge in [-0.25, -0.2) is 4.90 Å². The normalized spacial score (nSPS) is 13.6. The molecule has 0 saturated heterocycles. The van der Waals surface area contributed by atoms with Gasteiger partial charge in [0.05, 0.1) is 23.4 Å². The molecule has 0 fully saturated rings. The van der Waals surface area contributed by atoms with Crippen molar-refractivity contribution in [2.45, 2.75) is 33.2 Å². The molecule has 1 aliphatic heterocycles. The molecule has 1 N–H and O–H groups in total. The molecule has 0 bridgehead atoms. The minimum absolute atomic E-state index is 0.232. The van der Waals surface area contributed by atoms with Crippen LogP contribution < -0.4 is 15.0 Å². The molecule has 1 aliphatic rings. The highest BCUT2D eigenvalue weighted by molar-refractivity contribution is 6.34. The summed E-state index contributed by atoms with van der Waals surface area (Å²) in [6.45, 7) is 8.04. The van der Waals surface area contributed by atoms with E-state index in [9.17, 15) is 14.4 Å². The van der Waals surface area contributed by atoms with E-state index in [2.05, 4.69) is 5.32 Å². The van der Waals surface area contributed by atoms with Crippen molar-refractivity contribution < 1.29 is 19.1 Å². The van der Waals surface area contributed by atoms with E-state index in [4.69, 9.17) is 4.74 Å². The summed E-state index contributed by atoms with van der Waals surface area (Å²) in [7, 11) is 0. The summed E-state index contributed by atoms with van der Waals surface area (Å²) in [5.74, 6) is -0.462. The number of imide groups is 1. The average molecular weight is 366 g/mol. The number of fused-ring (bicyclic) bond motifs is 1. The van der Waals surface area contributed by atoms with Crippen molar-refractivity contribution in [1.82, 2.24) is 5.32 Å². The number of nitrogens with one attached hydrogen (secondary N) is 1. The van der Waals surface area contributed by atoms with E-state index in [0.717, 1.165) is 4.90 Å². The number of carbonyl (C=O) groups excluding carboxylic acids is 3. The third-order valence-corrected chi connectivity index (χ3v) is 4.04. The van der Waals surface area contributed by atoms with Crippen molar-refractivity contribution in [3.63, 3.8) is 0 Å². The number of hydrogen-bond acceptors (Lipinski definition) is 4. The first-order valence-electron chi connectivity index (χ1n) is 8.79. The first-order valence-corrected chi connectivity index (χ1v) is 8.79. The minimum Gasteiger partial charge on any atom is -0.494 e. The van der Waals surface area contributed by atoms with Crippen molar-refractivity contribution in [3.05, 3.63) is 59.2 Å². The Kier molecular flexibility index (Phi) is 4.74. The summed E-state index contributed by atoms with van der Waals surface area (Å²) < 4.78 is 5.39. The van der Waals surface area contributed by atoms with Crippen LogP contribution in [0.1, 0.15) is 58.8 Å². The first kappa shape index (κ1) is 18.6. The maximum Gasteiger partial charge on any atom is 0.266 e. The van der Waals surface area contributed by atoms with Gasteiger partial charge in [0.1, 0.15) is 5.75 Å². The lowest BCUT2D eigenvalue weighted by Crippen LogP contribution is -2.40. The zero-order valence-electron chi connectivity index (χ0n) is 15.8. The summed E-state index contributed by atoms with van der Waals surface area (Å²) in [6, 6.07) is 11.3. The van der Waals surface area contributed by atoms with Gasteiger partial charge in [-0.15, -0.1) is 0 Å². The van der Waals surface area contributed by atoms with Crippen LogP contribution in [0.3, 0.4) is 0 Å². The van der Waals surface area contributed by atoms with Crippen LogP contribution in [-0.4, -0.2) is 29.9 Å². The number of benzene rings is 2. The second-order valence-electron chi connectivity index (χ2n) is 7.34. The van der Waals surface area contributed by atoms with Gasteiger partial charge in [-0.2, -0.15) is 0 Å². The van der Waals surface area contributed by atoms with Crippen LogP contribution in [0.5, 0.6) is 5.75 Å². The number of carbonyl (C=O) groups is 3. The van der Waals surface area contributed by atoms with Crippen LogP contribution in [-0.2, 0) is 0 Å². The fraction of sp³-hybridized carbons (Fsp3) is 0.286. The summed E-state index contributed by atoms with van der Waals surface area (Å²) in [5.41, 5.74) is 0.935. The number of rotatable bonds is 4. The van der Waals surface area contributed by atoms with Crippen molar-refractivity contribution in [1.29, 1.82) is 0 Å². The number of anilines is 1. The molecule has 0 atom stereocenters. The Labute approximate surface area is 158 Å². The number of amides is 3. The smallest absolute Gasteiger partial charge is 0.266 e. The highest BCUT2D eigenvalue weighted by atomic mass is 16.5. The molecule has 2 aromatic carbocycles. The van der Waals surface area contributed by atoms with Crippen LogP contribution in [0.15, 0.2) is 42.5 Å². The van der Waals surface area contributed by atoms with E-state index in [1.807, 2.05) is 27.7 Å². The molecule has 27 heavy (non-hydrogen) atoms. The maximum atomic E-state index is 12.8. The molecule has 6 heteroatoms. The van der Waals surface area contributed by atoms with E-state index in [1.54, 1.807) is 30.3 Å². The Morgan fingerprint density at radius 1 is 1.00 bits per heavy atom. The predicted octanol–water partition coefficient (Wildman–Crippen LogP) is 3.41. The van der Waals surface area contributed by atoms with Crippen LogP contribution in [0, 0.1) is 0 Å². The van der Waals surface area contributed by atoms with Gasteiger partial charge < -0.3 is 10.1 Å². The second kappa shape index (κ2) is 6.87. The van der Waals surface area contributed by atoms with Crippen molar-refractivity contribution in [2.75, 3.05) is 11.5 Å². The molecule has 0 spiro atoms. The van der Waals surface area contributed by atoms with E-state index in [0.29, 0.717) is 29.2 Å². The first-order chi connectivity index (χ1) is 12.7. The molecule has 3 rings (SSSR count). The molecule has 1 heterocycles. The molecule has 3 amide bonds. The average Bonchev–Trinajstić information content (AvgIpc) is 2.85. The second-order valence-corrected chi connectivity index (χ2v) is 7.34. The molecule has 0 aliphatic carbocycles. The number of ether oxygens (including phenoxy) is 1. The van der Waals surface area contributed by atoms with Crippen molar-refractivity contribution >= 4 is 23.4 Å². The standard InChI is InChI=1S/C21H22N2O4/c1-5-27-15-9-7-14(8-10-15)23-19(25)16-11-6-13(12-17(16)20(23)26)18(24)22-21(2,3)4/h6-12H,5H2,1-4H3,(H,22,24). The van der Waals surface area contributed by atoms with Gasteiger partial charge in [-0.05, 0) is 70.2 Å². The van der Waals surface area contributed by atoms with Crippen molar-refractivity contribution in [3.8, 4) is 5.75 Å². The zero-order valence-corrected chi connectivity index (χ0v) is 15.8. The highest BCUT2D eigenvalue weighted by Crippen LogP contribution is 2.30. The minimum atomic E-state index is -0.440. The van der Waals surface area contributed by atoms with E-state index >= 15 is 0 Å². The van der Waals surface area contributed by atoms with Gasteiger partial charge in [0, 0.05) is 11.1 Å². The Morgan fingerprint density at radius 2 is 1.63 bits per heavy atom. The molecule has 0 radical (unpaired) electrons. The highest BCUT2D eigenvalue weighted by Gasteiger charge is 2.37. The fourth-order valence-corrected chi connectivity index (χ4v) is 2.89. The summed E-state index contributed by atoms with van der Waals surface area (Å²) >= 11 is 0. The fourth-order valence-electron chi connectivity index (χ4n) is 2.89. The lowest BCUT2D eigenvalue weighted by molar-refractivity contribution is 0.0912. The topological polar surface area (TPSA) is 75.7 Å². The van der Waals surface area contributed by atoms with Gasteiger partial charge in [-0.3, -0.25) is 14.4 Å². The lowest BCUT2D eigenvalue weighted by Gasteiger charge is -2.20. The third kappa shape index (κ3) is 3.69. The molecular formula is C21H22N2O4. The van der Waals surface area contributed by atoms with Gasteiger partial charge in [0.2, 0.25) is 0 Å². The van der Waals surface area contributed by atoms with E-state index in [-0.39, 0.29) is 11.5 Å². The maximum absolute atomic E-state index is 12.8.